The molecule has 45 heavy (non-hydrogen) atoms. The van der Waals surface area contributed by atoms with Gasteiger partial charge in [0, 0.05) is 16.8 Å². The summed E-state index contributed by atoms with van der Waals surface area (Å²) in [6, 6.07) is 54.2. The van der Waals surface area contributed by atoms with E-state index in [9.17, 15) is 0 Å². The molecular weight excluding hydrogens is 625 g/mol. The third-order valence-electron chi connectivity index (χ3n) is 8.04. The second kappa shape index (κ2) is 16.3. The fourth-order valence-electron chi connectivity index (χ4n) is 5.32. The molecule has 0 aliphatic heterocycles. The Bertz CT molecular complexity index is 1400. The summed E-state index contributed by atoms with van der Waals surface area (Å²) in [5.74, 6) is 0. The van der Waals surface area contributed by atoms with E-state index in [0.29, 0.717) is 0 Å². The molecule has 1 radical (unpaired) electrons. The van der Waals surface area contributed by atoms with E-state index in [1.54, 1.807) is 0 Å². The van der Waals surface area contributed by atoms with Gasteiger partial charge < -0.3 is 0 Å². The summed E-state index contributed by atoms with van der Waals surface area (Å²) in [6.45, 7) is 12.9. The van der Waals surface area contributed by atoms with E-state index in [2.05, 4.69) is 187 Å². The zero-order valence-corrected chi connectivity index (χ0v) is 30.2. The van der Waals surface area contributed by atoms with E-state index in [1.165, 1.54) is 65.2 Å². The molecule has 0 amide bonds. The normalized spacial score (nSPS) is 10.7. The van der Waals surface area contributed by atoms with Crippen molar-refractivity contribution in [2.75, 3.05) is 0 Å². The molecule has 0 aliphatic carbocycles. The molecule has 6 aromatic rings. The van der Waals surface area contributed by atoms with Crippen molar-refractivity contribution in [3.63, 3.8) is 0 Å². The van der Waals surface area contributed by atoms with Gasteiger partial charge in [0.15, 0.2) is 0 Å². The Morgan fingerprint density at radius 1 is 0.222 bits per heavy atom. The second-order valence-electron chi connectivity index (χ2n) is 11.9. The van der Waals surface area contributed by atoms with Crippen LogP contribution in [0, 0.1) is 41.5 Å². The maximum Gasteiger partial charge on any atom is 0.102 e. The average molecular weight is 670 g/mol. The maximum atomic E-state index is 2.29. The molecule has 0 saturated heterocycles. The van der Waals surface area contributed by atoms with Gasteiger partial charge in [-0.25, -0.2) is 0 Å². The predicted molar refractivity (Wildman–Crippen MR) is 202 cm³/mol. The van der Waals surface area contributed by atoms with Gasteiger partial charge in [-0.3, -0.25) is 0 Å². The molecule has 229 valence electrons. The van der Waals surface area contributed by atoms with Gasteiger partial charge in [0.25, 0.3) is 0 Å². The van der Waals surface area contributed by atoms with Crippen LogP contribution in [-0.4, -0.2) is 0 Å². The minimum atomic E-state index is -0.927. The monoisotopic (exact) mass is 669 g/mol. The van der Waals surface area contributed by atoms with Crippen LogP contribution in [-0.2, 0) is 16.8 Å². The van der Waals surface area contributed by atoms with E-state index >= 15 is 0 Å². The van der Waals surface area contributed by atoms with Crippen molar-refractivity contribution >= 4 is 47.7 Å². The number of hydrogen-bond donors (Lipinski definition) is 0. The summed E-state index contributed by atoms with van der Waals surface area (Å²) >= 11 is 0. The first-order chi connectivity index (χ1) is 21.3. The van der Waals surface area contributed by atoms with E-state index in [0.717, 1.165) is 0 Å². The molecular formula is C42H44CoP2+2. The van der Waals surface area contributed by atoms with Crippen molar-refractivity contribution in [1.82, 2.24) is 0 Å². The van der Waals surface area contributed by atoms with Crippen LogP contribution in [0.15, 0.2) is 146 Å². The van der Waals surface area contributed by atoms with Gasteiger partial charge in [0.1, 0.15) is 31.8 Å². The first-order valence-electron chi connectivity index (χ1n) is 15.4. The fraction of sp³-hybridized carbons (Fsp3) is 0.143. The second-order valence-corrected chi connectivity index (χ2v) is 16.9. The molecule has 6 aromatic carbocycles. The number of aryl methyl sites for hydroxylation is 6. The van der Waals surface area contributed by atoms with Crippen molar-refractivity contribution in [2.24, 2.45) is 0 Å². The predicted octanol–water partition coefficient (Wildman–Crippen LogP) is 8.20. The minimum Gasteiger partial charge on any atom is -0.0554 e. The number of hydrogen-bond acceptors (Lipinski definition) is 0. The van der Waals surface area contributed by atoms with Crippen molar-refractivity contribution < 1.29 is 16.8 Å². The van der Waals surface area contributed by atoms with Crippen LogP contribution < -0.4 is 31.8 Å². The van der Waals surface area contributed by atoms with Gasteiger partial charge in [0.2, 0.25) is 0 Å². The number of rotatable bonds is 6. The summed E-state index contributed by atoms with van der Waals surface area (Å²) in [4.78, 5) is 0. The van der Waals surface area contributed by atoms with Gasteiger partial charge in [-0.05, 0) is 114 Å². The Hall–Kier alpha value is -3.31. The van der Waals surface area contributed by atoms with Crippen molar-refractivity contribution in [1.29, 1.82) is 0 Å². The summed E-state index contributed by atoms with van der Waals surface area (Å²) in [5.41, 5.74) is 7.91. The molecule has 0 aliphatic rings. The molecule has 0 N–H and O–H groups in total. The molecule has 0 unspecified atom stereocenters. The number of benzene rings is 6. The Labute approximate surface area is 283 Å². The molecule has 0 nitrogen and oxygen atoms in total. The summed E-state index contributed by atoms with van der Waals surface area (Å²) in [7, 11) is -1.85. The molecule has 0 saturated carbocycles. The van der Waals surface area contributed by atoms with Crippen molar-refractivity contribution in [2.45, 2.75) is 41.5 Å². The fourth-order valence-corrected chi connectivity index (χ4v) is 10.3. The van der Waals surface area contributed by atoms with Crippen LogP contribution in [0.25, 0.3) is 0 Å². The summed E-state index contributed by atoms with van der Waals surface area (Å²) < 4.78 is 0. The van der Waals surface area contributed by atoms with Gasteiger partial charge in [-0.1, -0.05) is 106 Å². The Balaban J connectivity index is 0.000000200. The van der Waals surface area contributed by atoms with E-state index in [-0.39, 0.29) is 16.8 Å². The van der Waals surface area contributed by atoms with Crippen molar-refractivity contribution in [3.8, 4) is 0 Å². The van der Waals surface area contributed by atoms with Crippen LogP contribution >= 0.6 is 15.8 Å². The zero-order valence-electron chi connectivity index (χ0n) is 27.2. The van der Waals surface area contributed by atoms with Gasteiger partial charge in [-0.15, -0.1) is 0 Å². The van der Waals surface area contributed by atoms with Gasteiger partial charge in [0.05, 0.1) is 15.8 Å². The third-order valence-corrected chi connectivity index (χ3v) is 13.5. The quantitative estimate of drug-likeness (QED) is 0.157. The van der Waals surface area contributed by atoms with Crippen LogP contribution in [0.5, 0.6) is 0 Å². The Morgan fingerprint density at radius 2 is 0.333 bits per heavy atom. The van der Waals surface area contributed by atoms with Gasteiger partial charge >= 0.3 is 0 Å². The maximum absolute atomic E-state index is 2.29. The van der Waals surface area contributed by atoms with E-state index < -0.39 is 15.8 Å². The molecule has 0 fully saturated rings. The average Bonchev–Trinajstić information content (AvgIpc) is 3.03. The molecule has 0 heterocycles. The molecule has 0 aromatic heterocycles. The molecule has 0 spiro atoms. The first-order valence-corrected chi connectivity index (χ1v) is 18.4. The van der Waals surface area contributed by atoms with Crippen LogP contribution in [0.1, 0.15) is 33.4 Å². The van der Waals surface area contributed by atoms with E-state index in [4.69, 9.17) is 0 Å². The van der Waals surface area contributed by atoms with Crippen LogP contribution in [0.2, 0.25) is 0 Å². The van der Waals surface area contributed by atoms with Gasteiger partial charge in [-0.2, -0.15) is 0 Å². The minimum absolute atomic E-state index is 0. The molecule has 0 bridgehead atoms. The third kappa shape index (κ3) is 9.35. The first kappa shape index (κ1) is 34.6. The van der Waals surface area contributed by atoms with Crippen LogP contribution in [0.4, 0.5) is 0 Å². The molecule has 3 heteroatoms. The topological polar surface area (TPSA) is 0 Å². The zero-order chi connectivity index (χ0) is 31.1. The van der Waals surface area contributed by atoms with E-state index in [1.807, 2.05) is 0 Å². The molecule has 6 rings (SSSR count). The van der Waals surface area contributed by atoms with Crippen LogP contribution in [0.3, 0.4) is 0 Å². The molecule has 0 atom stereocenters. The SMILES string of the molecule is Cc1ccc([PH+](c2ccc(C)cc2)c2ccc(C)cc2)cc1.Cc1ccc([PH+](c2ccc(C)cc2)c2ccc(C)cc2)cc1.[Co]. The Kier molecular flexibility index (Phi) is 12.5. The smallest absolute Gasteiger partial charge is 0.0554 e. The largest absolute Gasteiger partial charge is 0.102 e. The summed E-state index contributed by atoms with van der Waals surface area (Å²) in [5, 5.41) is 8.69. The Morgan fingerprint density at radius 3 is 0.444 bits per heavy atom. The summed E-state index contributed by atoms with van der Waals surface area (Å²) in [6.07, 6.45) is 0. The standard InChI is InChI=1S/2C21H21P.Co/c2*1-16-4-10-19(11-5-16)22(20-12-6-17(2)7-13-20)21-14-8-18(3)9-15-21;/h2*4-15H,1-3H3;/p+2. The van der Waals surface area contributed by atoms with Crippen molar-refractivity contribution in [3.05, 3.63) is 179 Å².